The second-order valence-corrected chi connectivity index (χ2v) is 12.8. The van der Waals surface area contributed by atoms with Crippen LogP contribution in [-0.4, -0.2) is 76.0 Å². The van der Waals surface area contributed by atoms with Gasteiger partial charge in [-0.3, -0.25) is 0 Å². The topological polar surface area (TPSA) is 70.2 Å². The minimum atomic E-state index is -0.361. The molecule has 0 aromatic heterocycles. The van der Waals surface area contributed by atoms with E-state index in [1.165, 1.54) is 22.3 Å². The van der Waals surface area contributed by atoms with E-state index in [1.807, 2.05) is 0 Å². The Hall–Kier alpha value is -2.16. The van der Waals surface area contributed by atoms with E-state index in [-0.39, 0.29) is 23.3 Å². The van der Waals surface area contributed by atoms with Gasteiger partial charge in [0.15, 0.2) is 0 Å². The summed E-state index contributed by atoms with van der Waals surface area (Å²) < 4.78 is 30.3. The Morgan fingerprint density at radius 1 is 0.619 bits per heavy atom. The second kappa shape index (κ2) is 17.8. The van der Waals surface area contributed by atoms with Gasteiger partial charge in [-0.25, -0.2) is 0 Å². The zero-order valence-corrected chi connectivity index (χ0v) is 28.0. The molecule has 0 spiro atoms. The molecule has 2 aromatic carbocycles. The van der Waals surface area contributed by atoms with Gasteiger partial charge in [-0.05, 0) is 97.9 Å². The monoisotopic (exact) mass is 586 g/mol. The lowest BCUT2D eigenvalue weighted by atomic mass is 10.1. The highest BCUT2D eigenvalue weighted by atomic mass is 16.5. The normalized spacial score (nSPS) is 13.7. The molecule has 0 radical (unpaired) electrons. The lowest BCUT2D eigenvalue weighted by Gasteiger charge is -2.30. The summed E-state index contributed by atoms with van der Waals surface area (Å²) in [5.74, 6) is 1.97. The molecule has 2 unspecified atom stereocenters. The summed E-state index contributed by atoms with van der Waals surface area (Å²) in [6.07, 6.45) is 0.807. The molecule has 0 bridgehead atoms. The van der Waals surface area contributed by atoms with Crippen molar-refractivity contribution in [2.75, 3.05) is 52.7 Å². The van der Waals surface area contributed by atoms with Crippen molar-refractivity contribution in [3.63, 3.8) is 0 Å². The number of ether oxygens (including phenoxy) is 5. The third kappa shape index (κ3) is 13.9. The van der Waals surface area contributed by atoms with Gasteiger partial charge >= 0.3 is 0 Å². The molecular weight excluding hydrogens is 528 g/mol. The number of benzene rings is 2. The SMILES string of the molecule is Cc1cccc(C)c1OCC(C)NCCOCC(C)(C)OCCC(C)(C)OCCNC(C)COc1c(C)cccc1C. The summed E-state index contributed by atoms with van der Waals surface area (Å²) in [5, 5.41) is 6.97. The minimum absolute atomic E-state index is 0.230. The van der Waals surface area contributed by atoms with E-state index < -0.39 is 0 Å². The van der Waals surface area contributed by atoms with Crippen molar-refractivity contribution in [2.45, 2.75) is 98.9 Å². The van der Waals surface area contributed by atoms with Crippen LogP contribution in [0.5, 0.6) is 11.5 Å². The number of hydrogen-bond donors (Lipinski definition) is 2. The van der Waals surface area contributed by atoms with Gasteiger partial charge in [0.25, 0.3) is 0 Å². The standard InChI is InChI=1S/C35H58N2O5/c1-26-13-11-14-27(2)32(26)39-23-30(5)36-18-21-38-25-35(9,10)41-20-17-34(7,8)42-22-19-37-31(6)24-40-33-28(3)15-12-16-29(33)4/h11-16,30-31,36-37H,17-25H2,1-10H3. The van der Waals surface area contributed by atoms with Gasteiger partial charge < -0.3 is 34.3 Å². The summed E-state index contributed by atoms with van der Waals surface area (Å²) in [4.78, 5) is 0. The summed E-state index contributed by atoms with van der Waals surface area (Å²) >= 11 is 0. The van der Waals surface area contributed by atoms with E-state index in [1.54, 1.807) is 0 Å². The van der Waals surface area contributed by atoms with Crippen LogP contribution in [0.2, 0.25) is 0 Å². The average molecular weight is 587 g/mol. The van der Waals surface area contributed by atoms with Gasteiger partial charge in [0.1, 0.15) is 24.7 Å². The van der Waals surface area contributed by atoms with E-state index >= 15 is 0 Å². The number of rotatable bonds is 21. The summed E-state index contributed by atoms with van der Waals surface area (Å²) in [6.45, 7) is 26.1. The van der Waals surface area contributed by atoms with Crippen molar-refractivity contribution < 1.29 is 23.7 Å². The molecule has 0 saturated carbocycles. The fourth-order valence-electron chi connectivity index (χ4n) is 4.60. The molecule has 0 aliphatic rings. The molecule has 0 aliphatic carbocycles. The largest absolute Gasteiger partial charge is 0.491 e. The number of para-hydroxylation sites is 2. The Kier molecular flexibility index (Phi) is 15.3. The lowest BCUT2D eigenvalue weighted by Crippen LogP contribution is -2.38. The predicted molar refractivity (Wildman–Crippen MR) is 173 cm³/mol. The summed E-state index contributed by atoms with van der Waals surface area (Å²) in [7, 11) is 0. The third-order valence-corrected chi connectivity index (χ3v) is 7.25. The fourth-order valence-corrected chi connectivity index (χ4v) is 4.60. The Bertz CT molecular complexity index is 1020. The number of aryl methyl sites for hydroxylation is 4. The molecule has 2 rings (SSSR count). The molecule has 42 heavy (non-hydrogen) atoms. The molecule has 238 valence electrons. The first-order valence-corrected chi connectivity index (χ1v) is 15.5. The number of nitrogens with one attached hydrogen (secondary N) is 2. The van der Waals surface area contributed by atoms with E-state index in [4.69, 9.17) is 23.7 Å². The van der Waals surface area contributed by atoms with Crippen LogP contribution in [0.15, 0.2) is 36.4 Å². The first-order chi connectivity index (χ1) is 19.8. The minimum Gasteiger partial charge on any atom is -0.491 e. The van der Waals surface area contributed by atoms with E-state index in [9.17, 15) is 0 Å². The van der Waals surface area contributed by atoms with Gasteiger partial charge in [0.05, 0.1) is 37.6 Å². The zero-order valence-electron chi connectivity index (χ0n) is 28.0. The first kappa shape index (κ1) is 36.0. The van der Waals surface area contributed by atoms with Crippen LogP contribution in [0.1, 0.15) is 70.2 Å². The van der Waals surface area contributed by atoms with Crippen molar-refractivity contribution in [3.05, 3.63) is 58.7 Å². The van der Waals surface area contributed by atoms with Crippen molar-refractivity contribution in [1.29, 1.82) is 0 Å². The van der Waals surface area contributed by atoms with Crippen molar-refractivity contribution in [2.24, 2.45) is 0 Å². The third-order valence-electron chi connectivity index (χ3n) is 7.25. The Morgan fingerprint density at radius 2 is 1.05 bits per heavy atom. The Balaban J connectivity index is 1.53. The van der Waals surface area contributed by atoms with Crippen LogP contribution >= 0.6 is 0 Å². The highest BCUT2D eigenvalue weighted by molar-refractivity contribution is 5.40. The maximum Gasteiger partial charge on any atom is 0.125 e. The molecule has 2 atom stereocenters. The van der Waals surface area contributed by atoms with Crippen LogP contribution in [0.3, 0.4) is 0 Å². The van der Waals surface area contributed by atoms with Crippen LogP contribution < -0.4 is 20.1 Å². The maximum absolute atomic E-state index is 6.16. The van der Waals surface area contributed by atoms with E-state index in [0.29, 0.717) is 39.6 Å². The molecule has 0 heterocycles. The number of hydrogen-bond acceptors (Lipinski definition) is 7. The van der Waals surface area contributed by atoms with E-state index in [0.717, 1.165) is 31.0 Å². The summed E-state index contributed by atoms with van der Waals surface area (Å²) in [6, 6.07) is 12.9. The van der Waals surface area contributed by atoms with E-state index in [2.05, 4.69) is 116 Å². The highest BCUT2D eigenvalue weighted by Gasteiger charge is 2.23. The molecular formula is C35H58N2O5. The fraction of sp³-hybridized carbons (Fsp3) is 0.657. The molecule has 0 saturated heterocycles. The molecule has 2 aromatic rings. The average Bonchev–Trinajstić information content (AvgIpc) is 2.90. The zero-order chi connectivity index (χ0) is 31.2. The van der Waals surface area contributed by atoms with Crippen LogP contribution in [0.25, 0.3) is 0 Å². The lowest BCUT2D eigenvalue weighted by molar-refractivity contribution is -0.0986. The smallest absolute Gasteiger partial charge is 0.125 e. The highest BCUT2D eigenvalue weighted by Crippen LogP contribution is 2.23. The van der Waals surface area contributed by atoms with Crippen LogP contribution in [0, 0.1) is 27.7 Å². The maximum atomic E-state index is 6.16. The van der Waals surface area contributed by atoms with Crippen LogP contribution in [-0.2, 0) is 14.2 Å². The van der Waals surface area contributed by atoms with Gasteiger partial charge in [0, 0.05) is 25.2 Å². The van der Waals surface area contributed by atoms with Crippen molar-refractivity contribution in [3.8, 4) is 11.5 Å². The molecule has 7 heteroatoms. The van der Waals surface area contributed by atoms with Crippen molar-refractivity contribution in [1.82, 2.24) is 10.6 Å². The Morgan fingerprint density at radius 3 is 1.52 bits per heavy atom. The van der Waals surface area contributed by atoms with Crippen LogP contribution in [0.4, 0.5) is 0 Å². The quantitative estimate of drug-likeness (QED) is 0.166. The second-order valence-electron chi connectivity index (χ2n) is 12.8. The first-order valence-electron chi connectivity index (χ1n) is 15.5. The molecule has 7 nitrogen and oxygen atoms in total. The molecule has 0 aliphatic heterocycles. The van der Waals surface area contributed by atoms with Gasteiger partial charge in [-0.15, -0.1) is 0 Å². The predicted octanol–water partition coefficient (Wildman–Crippen LogP) is 6.33. The van der Waals surface area contributed by atoms with Gasteiger partial charge in [-0.2, -0.15) is 0 Å². The molecule has 2 N–H and O–H groups in total. The van der Waals surface area contributed by atoms with Gasteiger partial charge in [-0.1, -0.05) is 36.4 Å². The molecule has 0 amide bonds. The molecule has 0 fully saturated rings. The summed E-state index contributed by atoms with van der Waals surface area (Å²) in [5.41, 5.74) is 4.04. The Labute approximate surface area is 256 Å². The van der Waals surface area contributed by atoms with Gasteiger partial charge in [0.2, 0.25) is 0 Å². The van der Waals surface area contributed by atoms with Crippen molar-refractivity contribution >= 4 is 0 Å².